The van der Waals surface area contributed by atoms with E-state index in [4.69, 9.17) is 5.73 Å². The number of nitrogen functional groups attached to an aromatic ring is 1. The predicted octanol–water partition coefficient (Wildman–Crippen LogP) is -0.00310. The van der Waals surface area contributed by atoms with E-state index in [-0.39, 0.29) is 24.0 Å². The number of H-pyrrole nitrogens is 1. The number of rotatable bonds is 6. The van der Waals surface area contributed by atoms with Gasteiger partial charge in [0.25, 0.3) is 0 Å². The van der Waals surface area contributed by atoms with Crippen LogP contribution in [0.5, 0.6) is 5.75 Å². The van der Waals surface area contributed by atoms with E-state index < -0.39 is 5.69 Å². The quantitative estimate of drug-likeness (QED) is 0.497. The topological polar surface area (TPSA) is 138 Å². The number of aromatic nitrogens is 4. The first kappa shape index (κ1) is 16.5. The van der Waals surface area contributed by atoms with Crippen LogP contribution in [0, 0.1) is 0 Å². The maximum atomic E-state index is 12.0. The van der Waals surface area contributed by atoms with Crippen molar-refractivity contribution in [3.05, 3.63) is 52.1 Å². The lowest BCUT2D eigenvalue weighted by Gasteiger charge is -2.05. The summed E-state index contributed by atoms with van der Waals surface area (Å²) in [6, 6.07) is 6.86. The number of phenolic OH excluding ortho intramolecular Hbond substituents is 1. The molecule has 9 nitrogen and oxygen atoms in total. The van der Waals surface area contributed by atoms with Gasteiger partial charge in [-0.1, -0.05) is 12.1 Å². The largest absolute Gasteiger partial charge is 0.508 e. The molecule has 3 aromatic rings. The number of nitrogens with one attached hydrogen (secondary N) is 2. The van der Waals surface area contributed by atoms with Crippen LogP contribution in [-0.2, 0) is 17.6 Å². The predicted molar refractivity (Wildman–Crippen MR) is 91.2 cm³/mol. The van der Waals surface area contributed by atoms with Gasteiger partial charge in [0.05, 0.1) is 0 Å². The molecule has 0 saturated carbocycles. The number of aryl methyl sites for hydroxylation is 1. The molecule has 0 atom stereocenters. The molecule has 130 valence electrons. The Bertz CT molecular complexity index is 945. The number of hydrogen-bond donors (Lipinski definition) is 4. The van der Waals surface area contributed by atoms with E-state index in [0.29, 0.717) is 25.0 Å². The summed E-state index contributed by atoms with van der Waals surface area (Å²) in [6.07, 6.45) is 2.99. The van der Waals surface area contributed by atoms with E-state index >= 15 is 0 Å². The minimum atomic E-state index is -0.535. The van der Waals surface area contributed by atoms with Gasteiger partial charge in [-0.25, -0.2) is 4.79 Å². The molecule has 1 aromatic carbocycles. The molecule has 1 amide bonds. The van der Waals surface area contributed by atoms with Gasteiger partial charge in [-0.05, 0) is 30.5 Å². The first-order valence-electron chi connectivity index (χ1n) is 7.80. The van der Waals surface area contributed by atoms with Crippen molar-refractivity contribution in [2.45, 2.75) is 19.3 Å². The summed E-state index contributed by atoms with van der Waals surface area (Å²) in [5.41, 5.74) is 7.09. The van der Waals surface area contributed by atoms with Crippen LogP contribution >= 0.6 is 0 Å². The van der Waals surface area contributed by atoms with Crippen molar-refractivity contribution in [1.82, 2.24) is 24.9 Å². The van der Waals surface area contributed by atoms with Gasteiger partial charge >= 0.3 is 5.69 Å². The normalized spacial score (nSPS) is 10.9. The highest BCUT2D eigenvalue weighted by atomic mass is 16.3. The van der Waals surface area contributed by atoms with Crippen molar-refractivity contribution in [2.24, 2.45) is 0 Å². The zero-order chi connectivity index (χ0) is 17.8. The average molecular weight is 342 g/mol. The fraction of sp³-hybridized carbons (Fsp3) is 0.250. The molecule has 2 heterocycles. The zero-order valence-electron chi connectivity index (χ0n) is 13.4. The molecule has 5 N–H and O–H groups in total. The minimum Gasteiger partial charge on any atom is -0.508 e. The molecule has 0 fully saturated rings. The number of benzene rings is 1. The molecule has 3 rings (SSSR count). The number of amides is 1. The van der Waals surface area contributed by atoms with Gasteiger partial charge in [0, 0.05) is 24.7 Å². The summed E-state index contributed by atoms with van der Waals surface area (Å²) < 4.78 is 1.19. The maximum absolute atomic E-state index is 12.0. The molecule has 0 unspecified atom stereocenters. The van der Waals surface area contributed by atoms with Crippen LogP contribution in [0.3, 0.4) is 0 Å². The van der Waals surface area contributed by atoms with Gasteiger partial charge in [-0.2, -0.15) is 14.5 Å². The fourth-order valence-electron chi connectivity index (χ4n) is 2.49. The van der Waals surface area contributed by atoms with Crippen molar-refractivity contribution in [3.8, 4) is 5.75 Å². The number of aromatic hydroxyl groups is 1. The van der Waals surface area contributed by atoms with Crippen molar-refractivity contribution >= 4 is 17.5 Å². The van der Waals surface area contributed by atoms with E-state index in [2.05, 4.69) is 20.4 Å². The molecule has 25 heavy (non-hydrogen) atoms. The number of nitrogens with zero attached hydrogens (tertiary/aromatic N) is 3. The Labute approximate surface area is 142 Å². The second-order valence-electron chi connectivity index (χ2n) is 5.59. The molecule has 9 heteroatoms. The highest BCUT2D eigenvalue weighted by Gasteiger charge is 2.10. The third-order valence-corrected chi connectivity index (χ3v) is 3.78. The Hall–Kier alpha value is -3.36. The molecular weight excluding hydrogens is 324 g/mol. The van der Waals surface area contributed by atoms with Crippen LogP contribution in [-0.4, -0.2) is 37.1 Å². The monoisotopic (exact) mass is 342 g/mol. The summed E-state index contributed by atoms with van der Waals surface area (Å²) in [5.74, 6) is 0.0294. The summed E-state index contributed by atoms with van der Waals surface area (Å²) in [7, 11) is 0. The number of nitrogens with two attached hydrogens (primary N) is 1. The smallest absolute Gasteiger partial charge is 0.371 e. The van der Waals surface area contributed by atoms with Gasteiger partial charge in [-0.3, -0.25) is 9.89 Å². The first-order valence-corrected chi connectivity index (χ1v) is 7.80. The SMILES string of the molecule is Nc1nc(=O)n2[nH]cc(CCC(=O)NCCc3ccc(O)cc3)c2n1. The first-order chi connectivity index (χ1) is 12.0. The van der Waals surface area contributed by atoms with Gasteiger partial charge in [-0.15, -0.1) is 0 Å². The van der Waals surface area contributed by atoms with Gasteiger partial charge < -0.3 is 16.2 Å². The Morgan fingerprint density at radius 3 is 2.76 bits per heavy atom. The number of phenols is 1. The van der Waals surface area contributed by atoms with Crippen LogP contribution in [0.4, 0.5) is 5.95 Å². The van der Waals surface area contributed by atoms with Crippen molar-refractivity contribution in [1.29, 1.82) is 0 Å². The molecule has 0 spiro atoms. The Morgan fingerprint density at radius 1 is 1.24 bits per heavy atom. The van der Waals surface area contributed by atoms with Crippen LogP contribution in [0.15, 0.2) is 35.3 Å². The lowest BCUT2D eigenvalue weighted by molar-refractivity contribution is -0.121. The number of aromatic amines is 1. The van der Waals surface area contributed by atoms with Crippen LogP contribution in [0.2, 0.25) is 0 Å². The van der Waals surface area contributed by atoms with Crippen molar-refractivity contribution in [2.75, 3.05) is 12.3 Å². The molecule has 0 saturated heterocycles. The zero-order valence-corrected chi connectivity index (χ0v) is 13.4. The second-order valence-corrected chi connectivity index (χ2v) is 5.59. The molecular formula is C16H18N6O3. The fourth-order valence-corrected chi connectivity index (χ4v) is 2.49. The van der Waals surface area contributed by atoms with Crippen molar-refractivity contribution in [3.63, 3.8) is 0 Å². The van der Waals surface area contributed by atoms with E-state index in [1.54, 1.807) is 18.3 Å². The number of anilines is 1. The number of carbonyl (C=O) groups excluding carboxylic acids is 1. The summed E-state index contributed by atoms with van der Waals surface area (Å²) >= 11 is 0. The van der Waals surface area contributed by atoms with Gasteiger partial charge in [0.2, 0.25) is 11.9 Å². The van der Waals surface area contributed by atoms with E-state index in [0.717, 1.165) is 11.1 Å². The molecule has 0 aliphatic rings. The highest BCUT2D eigenvalue weighted by molar-refractivity contribution is 5.76. The maximum Gasteiger partial charge on any atom is 0.371 e. The Morgan fingerprint density at radius 2 is 2.00 bits per heavy atom. The van der Waals surface area contributed by atoms with Crippen LogP contribution in [0.1, 0.15) is 17.5 Å². The molecule has 0 aliphatic heterocycles. The molecule has 0 aliphatic carbocycles. The second kappa shape index (κ2) is 7.04. The highest BCUT2D eigenvalue weighted by Crippen LogP contribution is 2.10. The molecule has 0 bridgehead atoms. The Kier molecular flexibility index (Phi) is 4.64. The lowest BCUT2D eigenvalue weighted by Crippen LogP contribution is -2.26. The lowest BCUT2D eigenvalue weighted by atomic mass is 10.1. The summed E-state index contributed by atoms with van der Waals surface area (Å²) in [5, 5.41) is 14.8. The minimum absolute atomic E-state index is 0.0933. The Balaban J connectivity index is 1.52. The number of hydrogen-bond acceptors (Lipinski definition) is 6. The molecule has 0 radical (unpaired) electrons. The standard InChI is InChI=1S/C16H18N6O3/c17-15-20-14-11(9-19-22(14)16(25)21-15)3-6-13(24)18-8-7-10-1-4-12(23)5-2-10/h1-2,4-5,9,19,23H,3,6-8H2,(H,18,24)(H2,17,21,25). The third-order valence-electron chi connectivity index (χ3n) is 3.78. The summed E-state index contributed by atoms with van der Waals surface area (Å²) in [6.45, 7) is 0.506. The number of carbonyl (C=O) groups is 1. The van der Waals surface area contributed by atoms with E-state index in [9.17, 15) is 14.7 Å². The van der Waals surface area contributed by atoms with Crippen molar-refractivity contribution < 1.29 is 9.90 Å². The van der Waals surface area contributed by atoms with E-state index in [1.807, 2.05) is 12.1 Å². The average Bonchev–Trinajstić information content (AvgIpc) is 2.98. The van der Waals surface area contributed by atoms with E-state index in [1.165, 1.54) is 4.52 Å². The van der Waals surface area contributed by atoms with Crippen LogP contribution in [0.25, 0.3) is 5.65 Å². The van der Waals surface area contributed by atoms with Gasteiger partial charge in [0.15, 0.2) is 5.65 Å². The third kappa shape index (κ3) is 3.94. The molecule has 2 aromatic heterocycles. The summed E-state index contributed by atoms with van der Waals surface area (Å²) in [4.78, 5) is 31.2. The van der Waals surface area contributed by atoms with Crippen LogP contribution < -0.4 is 16.7 Å². The number of fused-ring (bicyclic) bond motifs is 1. The van der Waals surface area contributed by atoms with Gasteiger partial charge in [0.1, 0.15) is 5.75 Å².